The smallest absolute Gasteiger partial charge is 0.216 e. The van der Waals surface area contributed by atoms with Crippen LogP contribution in [0.15, 0.2) is 48.5 Å². The number of ether oxygens (including phenoxy) is 2. The highest BCUT2D eigenvalue weighted by molar-refractivity contribution is 7.91. The summed E-state index contributed by atoms with van der Waals surface area (Å²) in [5.41, 5.74) is 1.43. The van der Waals surface area contributed by atoms with Crippen molar-refractivity contribution in [1.29, 1.82) is 0 Å². The first-order chi connectivity index (χ1) is 15.6. The summed E-state index contributed by atoms with van der Waals surface area (Å²) in [6, 6.07) is 14.4. The number of nitrogens with one attached hydrogen (secondary N) is 2. The minimum atomic E-state index is -3.48. The molecular formula is C24H36N2O6S2. The number of hydrogen-bond donors (Lipinski definition) is 2. The van der Waals surface area contributed by atoms with Crippen molar-refractivity contribution in [3.05, 3.63) is 59.7 Å². The average Bonchev–Trinajstić information content (AvgIpc) is 2.73. The van der Waals surface area contributed by atoms with E-state index in [1.165, 1.54) is 0 Å². The maximum atomic E-state index is 12.3. The molecule has 0 aromatic heterocycles. The second-order valence-corrected chi connectivity index (χ2v) is 14.8. The molecule has 0 aliphatic carbocycles. The van der Waals surface area contributed by atoms with E-state index in [1.54, 1.807) is 65.8 Å². The molecule has 2 rings (SSSR count). The van der Waals surface area contributed by atoms with E-state index in [4.69, 9.17) is 9.47 Å². The minimum Gasteiger partial charge on any atom is -0.490 e. The molecule has 0 aliphatic rings. The summed E-state index contributed by atoms with van der Waals surface area (Å²) in [7, 11) is -6.97. The third kappa shape index (κ3) is 7.69. The summed E-state index contributed by atoms with van der Waals surface area (Å²) in [6.07, 6.45) is 0. The van der Waals surface area contributed by atoms with Crippen molar-refractivity contribution in [3.8, 4) is 11.5 Å². The van der Waals surface area contributed by atoms with Gasteiger partial charge in [0.2, 0.25) is 20.0 Å². The van der Waals surface area contributed by atoms with E-state index in [1.807, 2.05) is 24.3 Å². The number of sulfonamides is 2. The van der Waals surface area contributed by atoms with Crippen LogP contribution in [-0.2, 0) is 33.1 Å². The molecule has 8 nitrogen and oxygen atoms in total. The largest absolute Gasteiger partial charge is 0.490 e. The van der Waals surface area contributed by atoms with Gasteiger partial charge in [-0.1, -0.05) is 36.4 Å². The van der Waals surface area contributed by atoms with E-state index in [9.17, 15) is 16.8 Å². The van der Waals surface area contributed by atoms with Crippen LogP contribution >= 0.6 is 0 Å². The lowest BCUT2D eigenvalue weighted by Gasteiger charge is -2.21. The Morgan fingerprint density at radius 1 is 0.618 bits per heavy atom. The summed E-state index contributed by atoms with van der Waals surface area (Å²) in [5.74, 6) is 1.13. The van der Waals surface area contributed by atoms with E-state index >= 15 is 0 Å². The Kier molecular flexibility index (Phi) is 9.15. The lowest BCUT2D eigenvalue weighted by atomic mass is 10.2. The van der Waals surface area contributed by atoms with Crippen LogP contribution in [0.4, 0.5) is 0 Å². The Bertz CT molecular complexity index is 1070. The fraction of sp³-hybridized carbons (Fsp3) is 0.500. The first-order valence-electron chi connectivity index (χ1n) is 11.0. The predicted octanol–water partition coefficient (Wildman–Crippen LogP) is 3.58. The lowest BCUT2D eigenvalue weighted by molar-refractivity contribution is 0.214. The molecule has 10 heteroatoms. The van der Waals surface area contributed by atoms with Crippen LogP contribution in [0.1, 0.15) is 52.7 Å². The zero-order valence-corrected chi connectivity index (χ0v) is 22.3. The topological polar surface area (TPSA) is 111 Å². The van der Waals surface area contributed by atoms with Gasteiger partial charge in [-0.15, -0.1) is 0 Å². The zero-order valence-electron chi connectivity index (χ0n) is 20.7. The van der Waals surface area contributed by atoms with E-state index in [0.29, 0.717) is 22.6 Å². The number of rotatable bonds is 11. The van der Waals surface area contributed by atoms with E-state index in [2.05, 4.69) is 9.44 Å². The highest BCUT2D eigenvalue weighted by Crippen LogP contribution is 2.22. The summed E-state index contributed by atoms with van der Waals surface area (Å²) in [5, 5.41) is 0. The number of para-hydroxylation sites is 2. The van der Waals surface area contributed by atoms with Gasteiger partial charge in [0.25, 0.3) is 0 Å². The van der Waals surface area contributed by atoms with Crippen LogP contribution in [-0.4, -0.2) is 39.5 Å². The van der Waals surface area contributed by atoms with Crippen molar-refractivity contribution in [3.63, 3.8) is 0 Å². The maximum Gasteiger partial charge on any atom is 0.216 e. The second kappa shape index (κ2) is 11.1. The molecule has 2 aromatic rings. The van der Waals surface area contributed by atoms with E-state index in [0.717, 1.165) is 0 Å². The Morgan fingerprint density at radius 2 is 0.941 bits per heavy atom. The monoisotopic (exact) mass is 512 g/mol. The molecular weight excluding hydrogens is 476 g/mol. The molecule has 0 fully saturated rings. The Morgan fingerprint density at radius 3 is 1.26 bits per heavy atom. The standard InChI is InChI=1S/C24H36N2O6S2/c1-23(2,3)33(27,28)25-17-19-11-7-9-13-21(19)31-15-16-32-22-14-10-8-12-20(22)18-26-34(29,30)24(4,5)6/h7-14,25-26H,15-18H2,1-6H3. The van der Waals surface area contributed by atoms with Crippen molar-refractivity contribution in [2.45, 2.75) is 64.1 Å². The van der Waals surface area contributed by atoms with Gasteiger partial charge in [-0.2, -0.15) is 0 Å². The normalized spacial score (nSPS) is 13.0. The average molecular weight is 513 g/mol. The molecule has 0 amide bonds. The van der Waals surface area contributed by atoms with Crippen LogP contribution in [0.5, 0.6) is 11.5 Å². The minimum absolute atomic E-state index is 0.118. The summed E-state index contributed by atoms with van der Waals surface area (Å²) in [4.78, 5) is 0. The van der Waals surface area contributed by atoms with Gasteiger partial charge in [-0.25, -0.2) is 26.3 Å². The summed E-state index contributed by atoms with van der Waals surface area (Å²) in [6.45, 7) is 10.5. The SMILES string of the molecule is CC(C)(C)S(=O)(=O)NCc1ccccc1OCCOc1ccccc1CNS(=O)(=O)C(C)(C)C. The third-order valence-corrected chi connectivity index (χ3v) is 9.33. The van der Waals surface area contributed by atoms with Crippen LogP contribution in [0.25, 0.3) is 0 Å². The lowest BCUT2D eigenvalue weighted by Crippen LogP contribution is -2.39. The molecule has 0 saturated carbocycles. The van der Waals surface area contributed by atoms with Gasteiger partial charge in [0, 0.05) is 24.2 Å². The van der Waals surface area contributed by atoms with Crippen LogP contribution < -0.4 is 18.9 Å². The van der Waals surface area contributed by atoms with E-state index < -0.39 is 29.5 Å². The predicted molar refractivity (Wildman–Crippen MR) is 135 cm³/mol. The van der Waals surface area contributed by atoms with Crippen LogP contribution in [0.3, 0.4) is 0 Å². The van der Waals surface area contributed by atoms with Gasteiger partial charge in [0.15, 0.2) is 0 Å². The molecule has 0 spiro atoms. The van der Waals surface area contributed by atoms with Crippen molar-refractivity contribution < 1.29 is 26.3 Å². The first kappa shape index (κ1) is 28.1. The van der Waals surface area contributed by atoms with Crippen LogP contribution in [0, 0.1) is 0 Å². The molecule has 190 valence electrons. The Hall–Kier alpha value is -2.14. The van der Waals surface area contributed by atoms with Gasteiger partial charge in [0.1, 0.15) is 24.7 Å². The van der Waals surface area contributed by atoms with Gasteiger partial charge < -0.3 is 9.47 Å². The summed E-state index contributed by atoms with van der Waals surface area (Å²) < 4.78 is 64.5. The third-order valence-electron chi connectivity index (χ3n) is 5.06. The second-order valence-electron chi connectivity index (χ2n) is 9.79. The first-order valence-corrected chi connectivity index (χ1v) is 14.0. The Labute approximate surface area is 204 Å². The van der Waals surface area contributed by atoms with Gasteiger partial charge in [0.05, 0.1) is 9.49 Å². The molecule has 0 saturated heterocycles. The quantitative estimate of drug-likeness (QED) is 0.445. The highest BCUT2D eigenvalue weighted by atomic mass is 32.2. The molecule has 2 N–H and O–H groups in total. The number of hydrogen-bond acceptors (Lipinski definition) is 6. The Balaban J connectivity index is 1.95. The molecule has 0 heterocycles. The fourth-order valence-electron chi connectivity index (χ4n) is 2.66. The van der Waals surface area contributed by atoms with Crippen molar-refractivity contribution in [2.24, 2.45) is 0 Å². The summed E-state index contributed by atoms with van der Waals surface area (Å²) >= 11 is 0. The molecule has 0 unspecified atom stereocenters. The molecule has 0 atom stereocenters. The van der Waals surface area contributed by atoms with Crippen molar-refractivity contribution in [1.82, 2.24) is 9.44 Å². The van der Waals surface area contributed by atoms with Gasteiger partial charge in [-0.05, 0) is 53.7 Å². The zero-order chi connectivity index (χ0) is 25.6. The molecule has 0 aliphatic heterocycles. The molecule has 0 radical (unpaired) electrons. The van der Waals surface area contributed by atoms with Gasteiger partial charge >= 0.3 is 0 Å². The van der Waals surface area contributed by atoms with Crippen LogP contribution in [0.2, 0.25) is 0 Å². The molecule has 0 bridgehead atoms. The maximum absolute atomic E-state index is 12.3. The van der Waals surface area contributed by atoms with Gasteiger partial charge in [-0.3, -0.25) is 0 Å². The van der Waals surface area contributed by atoms with Crippen molar-refractivity contribution in [2.75, 3.05) is 13.2 Å². The molecule has 2 aromatic carbocycles. The molecule has 34 heavy (non-hydrogen) atoms. The van der Waals surface area contributed by atoms with Crippen molar-refractivity contribution >= 4 is 20.0 Å². The van der Waals surface area contributed by atoms with E-state index in [-0.39, 0.29) is 26.3 Å². The number of benzene rings is 2. The highest BCUT2D eigenvalue weighted by Gasteiger charge is 2.29. The fourth-order valence-corrected chi connectivity index (χ4v) is 4.22.